The van der Waals surface area contributed by atoms with E-state index in [1.165, 1.54) is 11.3 Å². The highest BCUT2D eigenvalue weighted by Crippen LogP contribution is 2.25. The second kappa shape index (κ2) is 4.91. The average molecular weight is 281 g/mol. The topological polar surface area (TPSA) is 58.7 Å². The zero-order valence-electron chi connectivity index (χ0n) is 10.8. The van der Waals surface area contributed by atoms with Gasteiger partial charge in [-0.25, -0.2) is 4.98 Å². The normalized spacial score (nSPS) is 12.2. The third-order valence-corrected chi connectivity index (χ3v) is 4.12. The number of benzene rings is 1. The number of hydrogen-bond donors (Lipinski definition) is 0. The van der Waals surface area contributed by atoms with Crippen LogP contribution in [0.5, 0.6) is 0 Å². The van der Waals surface area contributed by atoms with E-state index >= 15 is 0 Å². The zero-order valence-corrected chi connectivity index (χ0v) is 11.6. The predicted molar refractivity (Wildman–Crippen MR) is 77.7 cm³/mol. The molecule has 0 radical (unpaired) electrons. The van der Waals surface area contributed by atoms with E-state index in [0.29, 0.717) is 10.7 Å². The van der Waals surface area contributed by atoms with Crippen molar-refractivity contribution in [2.75, 3.05) is 0 Å². The number of Topliss-reactive ketones (excluding diaryl/α,β-unsaturated/α-hetero) is 1. The van der Waals surface area contributed by atoms with E-state index in [4.69, 9.17) is 0 Å². The van der Waals surface area contributed by atoms with Crippen LogP contribution in [0, 0.1) is 11.3 Å². The van der Waals surface area contributed by atoms with Gasteiger partial charge in [-0.1, -0.05) is 18.2 Å². The summed E-state index contributed by atoms with van der Waals surface area (Å²) in [6.07, 6.45) is 0. The second-order valence-corrected chi connectivity index (χ2v) is 5.37. The Bertz CT molecular complexity index is 811. The molecule has 2 aromatic heterocycles. The van der Waals surface area contributed by atoms with E-state index in [9.17, 15) is 10.1 Å². The van der Waals surface area contributed by atoms with Gasteiger partial charge in [0, 0.05) is 7.05 Å². The first-order chi connectivity index (χ1) is 9.72. The molecule has 0 aliphatic rings. The minimum atomic E-state index is -0.869. The summed E-state index contributed by atoms with van der Waals surface area (Å²) in [5.74, 6) is -0.570. The van der Waals surface area contributed by atoms with Crippen molar-refractivity contribution in [3.63, 3.8) is 0 Å². The molecule has 0 N–H and O–H groups in total. The van der Waals surface area contributed by atoms with Crippen LogP contribution in [0.25, 0.3) is 11.0 Å². The van der Waals surface area contributed by atoms with Crippen molar-refractivity contribution < 1.29 is 4.79 Å². The Morgan fingerprint density at radius 1 is 1.35 bits per heavy atom. The van der Waals surface area contributed by atoms with Gasteiger partial charge in [-0.05, 0) is 23.6 Å². The van der Waals surface area contributed by atoms with Crippen LogP contribution in [0.15, 0.2) is 41.8 Å². The summed E-state index contributed by atoms with van der Waals surface area (Å²) in [6, 6.07) is 13.2. The first kappa shape index (κ1) is 12.6. The molecular weight excluding hydrogens is 270 g/mol. The largest absolute Gasteiger partial charge is 0.330 e. The first-order valence-electron chi connectivity index (χ1n) is 6.11. The summed E-state index contributed by atoms with van der Waals surface area (Å²) in [6.45, 7) is 0. The lowest BCUT2D eigenvalue weighted by Crippen LogP contribution is -2.14. The minimum absolute atomic E-state index is 0.194. The van der Waals surface area contributed by atoms with E-state index < -0.39 is 5.92 Å². The Kier molecular flexibility index (Phi) is 3.09. The van der Waals surface area contributed by atoms with Crippen molar-refractivity contribution in [3.8, 4) is 6.07 Å². The lowest BCUT2D eigenvalue weighted by molar-refractivity contribution is 0.0979. The number of hydrogen-bond acceptors (Lipinski definition) is 4. The number of nitriles is 1. The second-order valence-electron chi connectivity index (χ2n) is 4.42. The van der Waals surface area contributed by atoms with Gasteiger partial charge in [0.05, 0.1) is 22.0 Å². The zero-order chi connectivity index (χ0) is 14.1. The molecule has 20 heavy (non-hydrogen) atoms. The van der Waals surface area contributed by atoms with Crippen LogP contribution in [0.4, 0.5) is 0 Å². The lowest BCUT2D eigenvalue weighted by atomic mass is 10.0. The number of carbonyl (C=O) groups excluding carboxylic acids is 1. The Hall–Kier alpha value is -2.45. The fourth-order valence-corrected chi connectivity index (χ4v) is 2.91. The molecule has 5 heteroatoms. The van der Waals surface area contributed by atoms with E-state index in [2.05, 4.69) is 11.1 Å². The average Bonchev–Trinajstić information content (AvgIpc) is 3.09. The summed E-state index contributed by atoms with van der Waals surface area (Å²) in [5, 5.41) is 11.2. The lowest BCUT2D eigenvalue weighted by Gasteiger charge is -2.07. The molecule has 3 rings (SSSR count). The molecule has 0 amide bonds. The minimum Gasteiger partial charge on any atom is -0.330 e. The SMILES string of the molecule is Cn1c([C@H](C#N)C(=O)c2cccs2)nc2ccccc21. The molecule has 0 spiro atoms. The molecule has 4 nitrogen and oxygen atoms in total. The molecule has 0 unspecified atom stereocenters. The van der Waals surface area contributed by atoms with Crippen LogP contribution >= 0.6 is 11.3 Å². The summed E-state index contributed by atoms with van der Waals surface area (Å²) >= 11 is 1.34. The summed E-state index contributed by atoms with van der Waals surface area (Å²) in [7, 11) is 1.83. The highest BCUT2D eigenvalue weighted by molar-refractivity contribution is 7.12. The quantitative estimate of drug-likeness (QED) is 0.693. The van der Waals surface area contributed by atoms with Crippen LogP contribution in [-0.4, -0.2) is 15.3 Å². The van der Waals surface area contributed by atoms with Crippen molar-refractivity contribution in [1.29, 1.82) is 5.26 Å². The number of fused-ring (bicyclic) bond motifs is 1. The Morgan fingerprint density at radius 3 is 2.80 bits per heavy atom. The van der Waals surface area contributed by atoms with Crippen molar-refractivity contribution in [2.24, 2.45) is 7.05 Å². The standard InChI is InChI=1S/C15H11N3OS/c1-18-12-6-3-2-5-11(12)17-15(18)10(9-16)14(19)13-7-4-8-20-13/h2-8,10H,1H3/t10-/m1/s1. The molecule has 0 fully saturated rings. The predicted octanol–water partition coefficient (Wildman–Crippen LogP) is 3.12. The van der Waals surface area contributed by atoms with E-state index in [1.54, 1.807) is 12.1 Å². The van der Waals surface area contributed by atoms with E-state index in [0.717, 1.165) is 11.0 Å². The van der Waals surface area contributed by atoms with Gasteiger partial charge in [-0.2, -0.15) is 5.26 Å². The van der Waals surface area contributed by atoms with Gasteiger partial charge in [0.25, 0.3) is 0 Å². The third kappa shape index (κ3) is 1.91. The van der Waals surface area contributed by atoms with Gasteiger partial charge < -0.3 is 4.57 Å². The maximum Gasteiger partial charge on any atom is 0.197 e. The van der Waals surface area contributed by atoms with E-state index in [1.807, 2.05) is 41.3 Å². The first-order valence-corrected chi connectivity index (χ1v) is 6.99. The van der Waals surface area contributed by atoms with Crippen molar-refractivity contribution in [2.45, 2.75) is 5.92 Å². The monoisotopic (exact) mass is 281 g/mol. The smallest absolute Gasteiger partial charge is 0.197 e. The van der Waals surface area contributed by atoms with Crippen LogP contribution in [-0.2, 0) is 7.05 Å². The number of carbonyl (C=O) groups is 1. The van der Waals surface area contributed by atoms with Crippen LogP contribution in [0.1, 0.15) is 21.4 Å². The van der Waals surface area contributed by atoms with Crippen LogP contribution in [0.3, 0.4) is 0 Å². The number of thiophene rings is 1. The molecule has 0 saturated carbocycles. The molecule has 98 valence electrons. The number of ketones is 1. The fraction of sp³-hybridized carbons (Fsp3) is 0.133. The van der Waals surface area contributed by atoms with Crippen LogP contribution in [0.2, 0.25) is 0 Å². The highest BCUT2D eigenvalue weighted by Gasteiger charge is 2.27. The Labute approximate surface area is 119 Å². The number of aryl methyl sites for hydroxylation is 1. The molecule has 1 aromatic carbocycles. The maximum absolute atomic E-state index is 12.4. The number of para-hydroxylation sites is 2. The summed E-state index contributed by atoms with van der Waals surface area (Å²) < 4.78 is 1.81. The van der Waals surface area contributed by atoms with Crippen LogP contribution < -0.4 is 0 Å². The molecule has 0 bridgehead atoms. The highest BCUT2D eigenvalue weighted by atomic mass is 32.1. The number of nitrogens with zero attached hydrogens (tertiary/aromatic N) is 3. The van der Waals surface area contributed by atoms with Gasteiger partial charge in [-0.15, -0.1) is 11.3 Å². The molecule has 0 aliphatic carbocycles. The molecule has 1 atom stereocenters. The third-order valence-electron chi connectivity index (χ3n) is 3.24. The van der Waals surface area contributed by atoms with E-state index in [-0.39, 0.29) is 5.78 Å². The molecule has 0 saturated heterocycles. The molecule has 3 aromatic rings. The molecule has 2 heterocycles. The Balaban J connectivity index is 2.11. The number of rotatable bonds is 3. The number of aromatic nitrogens is 2. The fourth-order valence-electron chi connectivity index (χ4n) is 2.22. The maximum atomic E-state index is 12.4. The van der Waals surface area contributed by atoms with Gasteiger partial charge in [-0.3, -0.25) is 4.79 Å². The van der Waals surface area contributed by atoms with Crippen molar-refractivity contribution in [1.82, 2.24) is 9.55 Å². The van der Waals surface area contributed by atoms with Gasteiger partial charge in [0.2, 0.25) is 0 Å². The summed E-state index contributed by atoms with van der Waals surface area (Å²) in [5.41, 5.74) is 1.71. The van der Waals surface area contributed by atoms with Gasteiger partial charge in [0.15, 0.2) is 11.7 Å². The Morgan fingerprint density at radius 2 is 2.15 bits per heavy atom. The number of imidazole rings is 1. The van der Waals surface area contributed by atoms with Crippen molar-refractivity contribution in [3.05, 3.63) is 52.5 Å². The molecule has 0 aliphatic heterocycles. The summed E-state index contributed by atoms with van der Waals surface area (Å²) in [4.78, 5) is 17.4. The van der Waals surface area contributed by atoms with Gasteiger partial charge in [0.1, 0.15) is 5.82 Å². The molecular formula is C15H11N3OS. The van der Waals surface area contributed by atoms with Gasteiger partial charge >= 0.3 is 0 Å². The van der Waals surface area contributed by atoms with Crippen molar-refractivity contribution >= 4 is 28.2 Å².